The van der Waals surface area contributed by atoms with Crippen molar-refractivity contribution in [3.05, 3.63) is 0 Å². The van der Waals surface area contributed by atoms with Gasteiger partial charge in [0.2, 0.25) is 0 Å². The molecule has 0 N–H and O–H groups in total. The van der Waals surface area contributed by atoms with Crippen molar-refractivity contribution >= 4 is 17.9 Å². The highest BCUT2D eigenvalue weighted by atomic mass is 16.6. The zero-order valence-electron chi connectivity index (χ0n) is 45.2. The monoisotopic (exact) mass is 933 g/mol. The molecule has 6 heteroatoms. The van der Waals surface area contributed by atoms with Gasteiger partial charge in [-0.25, -0.2) is 0 Å². The summed E-state index contributed by atoms with van der Waals surface area (Å²) < 4.78 is 16.9. The van der Waals surface area contributed by atoms with Gasteiger partial charge >= 0.3 is 17.9 Å². The standard InChI is InChI=1S/C60H116O6/c1-5-7-9-11-13-15-17-19-21-22-23-24-26-27-31-35-39-43-47-51-58(61)64-54-57(55-65-59(62)52-48-44-40-36-33-29-30-34-38-42-46-50-56(3)4)66-60(63)53-49-45-41-37-32-28-25-20-18-16-14-12-10-8-6-2/h56-57H,5-55H2,1-4H3/t57-/m0/s1. The highest BCUT2D eigenvalue weighted by molar-refractivity contribution is 5.71. The number of hydrogen-bond acceptors (Lipinski definition) is 6. The van der Waals surface area contributed by atoms with Crippen LogP contribution in [0.3, 0.4) is 0 Å². The number of esters is 3. The molecular weight excluding hydrogens is 817 g/mol. The molecule has 0 unspecified atom stereocenters. The van der Waals surface area contributed by atoms with Crippen LogP contribution in [0.15, 0.2) is 0 Å². The zero-order valence-corrected chi connectivity index (χ0v) is 45.2. The van der Waals surface area contributed by atoms with Crippen LogP contribution in [0.4, 0.5) is 0 Å². The lowest BCUT2D eigenvalue weighted by Crippen LogP contribution is -2.30. The summed E-state index contributed by atoms with van der Waals surface area (Å²) in [4.78, 5) is 38.2. The molecule has 0 aromatic carbocycles. The molecule has 0 saturated heterocycles. The summed E-state index contributed by atoms with van der Waals surface area (Å²) in [5, 5.41) is 0. The molecule has 392 valence electrons. The maximum absolute atomic E-state index is 12.9. The number of ether oxygens (including phenoxy) is 3. The van der Waals surface area contributed by atoms with Gasteiger partial charge in [0.05, 0.1) is 0 Å². The third-order valence-electron chi connectivity index (χ3n) is 13.8. The molecule has 0 heterocycles. The second-order valence-corrected chi connectivity index (χ2v) is 21.1. The third-order valence-corrected chi connectivity index (χ3v) is 13.8. The van der Waals surface area contributed by atoms with Gasteiger partial charge in [0.15, 0.2) is 6.10 Å². The van der Waals surface area contributed by atoms with E-state index in [9.17, 15) is 14.4 Å². The van der Waals surface area contributed by atoms with Gasteiger partial charge in [0.1, 0.15) is 13.2 Å². The fourth-order valence-corrected chi connectivity index (χ4v) is 9.28. The molecular formula is C60H116O6. The van der Waals surface area contributed by atoms with Crippen LogP contribution in [-0.2, 0) is 28.6 Å². The molecule has 0 fully saturated rings. The summed E-state index contributed by atoms with van der Waals surface area (Å²) in [6.07, 6.45) is 59.5. The number of unbranched alkanes of at least 4 members (excludes halogenated alkanes) is 42. The fourth-order valence-electron chi connectivity index (χ4n) is 9.28. The SMILES string of the molecule is CCCCCCCCCCCCCCCCCCCCCC(=O)OC[C@@H](COC(=O)CCCCCCCCCCCCCC(C)C)OC(=O)CCCCCCCCCCCCCCCCC. The Morgan fingerprint density at radius 3 is 0.742 bits per heavy atom. The van der Waals surface area contributed by atoms with Crippen molar-refractivity contribution in [3.8, 4) is 0 Å². The Bertz CT molecular complexity index is 996. The third kappa shape index (κ3) is 53.4. The number of hydrogen-bond donors (Lipinski definition) is 0. The number of carbonyl (C=O) groups excluding carboxylic acids is 3. The Morgan fingerprint density at radius 2 is 0.500 bits per heavy atom. The first-order valence-electron chi connectivity index (χ1n) is 29.9. The van der Waals surface area contributed by atoms with Crippen molar-refractivity contribution in [3.63, 3.8) is 0 Å². The lowest BCUT2D eigenvalue weighted by atomic mass is 10.0. The molecule has 0 aromatic rings. The molecule has 0 aliphatic rings. The predicted octanol–water partition coefficient (Wildman–Crippen LogP) is 19.8. The van der Waals surface area contributed by atoms with E-state index in [1.165, 1.54) is 238 Å². The minimum Gasteiger partial charge on any atom is -0.462 e. The van der Waals surface area contributed by atoms with Crippen molar-refractivity contribution in [2.24, 2.45) is 5.92 Å². The highest BCUT2D eigenvalue weighted by Gasteiger charge is 2.19. The molecule has 0 aliphatic heterocycles. The number of rotatable bonds is 55. The Morgan fingerprint density at radius 1 is 0.288 bits per heavy atom. The van der Waals surface area contributed by atoms with E-state index >= 15 is 0 Å². The Hall–Kier alpha value is -1.59. The zero-order chi connectivity index (χ0) is 48.1. The maximum atomic E-state index is 12.9. The van der Waals surface area contributed by atoms with E-state index in [0.29, 0.717) is 19.3 Å². The molecule has 66 heavy (non-hydrogen) atoms. The first kappa shape index (κ1) is 64.4. The van der Waals surface area contributed by atoms with Crippen LogP contribution in [0.1, 0.15) is 342 Å². The summed E-state index contributed by atoms with van der Waals surface area (Å²) in [6, 6.07) is 0. The molecule has 6 nitrogen and oxygen atoms in total. The van der Waals surface area contributed by atoms with Crippen molar-refractivity contribution in [1.82, 2.24) is 0 Å². The fraction of sp³-hybridized carbons (Fsp3) is 0.950. The van der Waals surface area contributed by atoms with Gasteiger partial charge in [-0.2, -0.15) is 0 Å². The molecule has 0 spiro atoms. The van der Waals surface area contributed by atoms with Crippen LogP contribution in [0, 0.1) is 5.92 Å². The quantitative estimate of drug-likeness (QED) is 0.0343. The molecule has 0 bridgehead atoms. The average Bonchev–Trinajstić information content (AvgIpc) is 3.30. The Balaban J connectivity index is 4.27. The summed E-state index contributed by atoms with van der Waals surface area (Å²) in [5.41, 5.74) is 0. The van der Waals surface area contributed by atoms with Crippen LogP contribution in [0.5, 0.6) is 0 Å². The minimum absolute atomic E-state index is 0.0617. The molecule has 1 atom stereocenters. The second-order valence-electron chi connectivity index (χ2n) is 21.1. The van der Waals surface area contributed by atoms with Gasteiger partial charge in [-0.15, -0.1) is 0 Å². The van der Waals surface area contributed by atoms with Crippen LogP contribution < -0.4 is 0 Å². The first-order chi connectivity index (χ1) is 32.4. The lowest BCUT2D eigenvalue weighted by molar-refractivity contribution is -0.167. The van der Waals surface area contributed by atoms with Crippen LogP contribution in [0.25, 0.3) is 0 Å². The van der Waals surface area contributed by atoms with E-state index in [1.807, 2.05) is 0 Å². The summed E-state index contributed by atoms with van der Waals surface area (Å²) in [5.74, 6) is -0.00683. The molecule has 0 amide bonds. The van der Waals surface area contributed by atoms with Gasteiger partial charge in [-0.3, -0.25) is 14.4 Å². The summed E-state index contributed by atoms with van der Waals surface area (Å²) in [7, 11) is 0. The van der Waals surface area contributed by atoms with E-state index in [2.05, 4.69) is 27.7 Å². The van der Waals surface area contributed by atoms with Crippen molar-refractivity contribution in [2.45, 2.75) is 348 Å². The molecule has 0 saturated carbocycles. The van der Waals surface area contributed by atoms with Crippen LogP contribution >= 0.6 is 0 Å². The van der Waals surface area contributed by atoms with E-state index in [1.54, 1.807) is 0 Å². The van der Waals surface area contributed by atoms with Gasteiger partial charge in [-0.1, -0.05) is 304 Å². The van der Waals surface area contributed by atoms with E-state index < -0.39 is 6.10 Å². The Kier molecular flexibility index (Phi) is 53.0. The maximum Gasteiger partial charge on any atom is 0.306 e. The Labute approximate surface area is 412 Å². The van der Waals surface area contributed by atoms with E-state index in [0.717, 1.165) is 63.7 Å². The van der Waals surface area contributed by atoms with Crippen LogP contribution in [-0.4, -0.2) is 37.2 Å². The highest BCUT2D eigenvalue weighted by Crippen LogP contribution is 2.18. The lowest BCUT2D eigenvalue weighted by Gasteiger charge is -2.18. The van der Waals surface area contributed by atoms with E-state index in [4.69, 9.17) is 14.2 Å². The number of carbonyl (C=O) groups is 3. The second kappa shape index (κ2) is 54.4. The van der Waals surface area contributed by atoms with E-state index in [-0.39, 0.29) is 31.1 Å². The molecule has 0 rings (SSSR count). The van der Waals surface area contributed by atoms with Crippen molar-refractivity contribution in [1.29, 1.82) is 0 Å². The average molecular weight is 934 g/mol. The summed E-state index contributed by atoms with van der Waals surface area (Å²) in [6.45, 7) is 9.06. The first-order valence-corrected chi connectivity index (χ1v) is 29.9. The van der Waals surface area contributed by atoms with Gasteiger partial charge in [-0.05, 0) is 25.2 Å². The van der Waals surface area contributed by atoms with Crippen molar-refractivity contribution < 1.29 is 28.6 Å². The van der Waals surface area contributed by atoms with Gasteiger partial charge in [0.25, 0.3) is 0 Å². The van der Waals surface area contributed by atoms with Gasteiger partial charge in [0, 0.05) is 19.3 Å². The largest absolute Gasteiger partial charge is 0.462 e. The minimum atomic E-state index is -0.762. The normalized spacial score (nSPS) is 12.0. The molecule has 0 aliphatic carbocycles. The van der Waals surface area contributed by atoms with Gasteiger partial charge < -0.3 is 14.2 Å². The van der Waals surface area contributed by atoms with Crippen LogP contribution in [0.2, 0.25) is 0 Å². The molecule has 0 radical (unpaired) electrons. The molecule has 0 aromatic heterocycles. The topological polar surface area (TPSA) is 78.9 Å². The predicted molar refractivity (Wildman–Crippen MR) is 284 cm³/mol. The smallest absolute Gasteiger partial charge is 0.306 e. The van der Waals surface area contributed by atoms with Crippen molar-refractivity contribution in [2.75, 3.05) is 13.2 Å². The summed E-state index contributed by atoms with van der Waals surface area (Å²) >= 11 is 0.